The van der Waals surface area contributed by atoms with E-state index in [1.54, 1.807) is 20.8 Å². The second-order valence-electron chi connectivity index (χ2n) is 2.72. The Morgan fingerprint density at radius 1 is 1.44 bits per heavy atom. The lowest BCUT2D eigenvalue weighted by atomic mass is 9.96. The van der Waals surface area contributed by atoms with Gasteiger partial charge in [-0.2, -0.15) is 0 Å². The highest BCUT2D eigenvalue weighted by molar-refractivity contribution is 5.80. The Balaban J connectivity index is 0. The van der Waals surface area contributed by atoms with Gasteiger partial charge < -0.3 is 6.15 Å². The molecule has 0 fully saturated rings. The first-order valence-corrected chi connectivity index (χ1v) is 2.49. The van der Waals surface area contributed by atoms with E-state index < -0.39 is 0 Å². The number of nitrogens with one attached hydrogen (secondary N) is 1. The first-order valence-electron chi connectivity index (χ1n) is 2.49. The molecule has 0 rings (SSSR count). The quantitative estimate of drug-likeness (QED) is 0.250. The van der Waals surface area contributed by atoms with Gasteiger partial charge in [-0.3, -0.25) is 10.2 Å². The number of amides is 1. The van der Waals surface area contributed by atoms with Crippen LogP contribution in [-0.4, -0.2) is 5.91 Å². The van der Waals surface area contributed by atoms with Gasteiger partial charge in [-0.1, -0.05) is 20.8 Å². The molecular formula is C5H15N3O. The molecule has 0 aliphatic carbocycles. The second kappa shape index (κ2) is 3.42. The molecule has 0 aromatic carbocycles. The number of hydrazine groups is 1. The van der Waals surface area contributed by atoms with E-state index in [1.807, 2.05) is 0 Å². The van der Waals surface area contributed by atoms with E-state index in [0.717, 1.165) is 0 Å². The minimum Gasteiger partial charge on any atom is -0.344 e. The average Bonchev–Trinajstić information content (AvgIpc) is 1.62. The maximum Gasteiger partial charge on any atom is 0.239 e. The van der Waals surface area contributed by atoms with Crippen molar-refractivity contribution in [3.8, 4) is 0 Å². The standard InChI is InChI=1S/C5H12N2O.H3N/c1-5(2,3)4(8)7-6;/h6H2,1-3H3,(H,7,8);1H3. The van der Waals surface area contributed by atoms with E-state index in [0.29, 0.717) is 0 Å². The molecule has 4 nitrogen and oxygen atoms in total. The lowest BCUT2D eigenvalue weighted by molar-refractivity contribution is -0.128. The van der Waals surface area contributed by atoms with Crippen LogP contribution in [0.3, 0.4) is 0 Å². The second-order valence-corrected chi connectivity index (χ2v) is 2.72. The lowest BCUT2D eigenvalue weighted by Crippen LogP contribution is -2.39. The Labute approximate surface area is 55.4 Å². The summed E-state index contributed by atoms with van der Waals surface area (Å²) in [7, 11) is 0. The van der Waals surface area contributed by atoms with Crippen LogP contribution in [-0.2, 0) is 4.79 Å². The summed E-state index contributed by atoms with van der Waals surface area (Å²) < 4.78 is 0. The molecule has 0 bridgehead atoms. The Kier molecular flexibility index (Phi) is 4.27. The summed E-state index contributed by atoms with van der Waals surface area (Å²) in [6.07, 6.45) is 0. The van der Waals surface area contributed by atoms with Crippen LogP contribution in [0.2, 0.25) is 0 Å². The molecule has 0 radical (unpaired) electrons. The summed E-state index contributed by atoms with van der Waals surface area (Å²) in [4.78, 5) is 10.6. The van der Waals surface area contributed by atoms with E-state index in [9.17, 15) is 4.79 Å². The summed E-state index contributed by atoms with van der Waals surface area (Å²) in [5.74, 6) is 4.72. The van der Waals surface area contributed by atoms with Crippen molar-refractivity contribution in [3.05, 3.63) is 0 Å². The lowest BCUT2D eigenvalue weighted by Gasteiger charge is -2.14. The Morgan fingerprint density at radius 2 is 1.78 bits per heavy atom. The van der Waals surface area contributed by atoms with Crippen molar-refractivity contribution in [2.24, 2.45) is 11.3 Å². The summed E-state index contributed by atoms with van der Waals surface area (Å²) in [6, 6.07) is 0. The molecule has 0 heterocycles. The molecule has 9 heavy (non-hydrogen) atoms. The third-order valence-electron chi connectivity index (χ3n) is 0.812. The minimum atomic E-state index is -0.366. The maximum atomic E-state index is 10.6. The highest BCUT2D eigenvalue weighted by Gasteiger charge is 2.19. The van der Waals surface area contributed by atoms with Gasteiger partial charge in [-0.25, -0.2) is 5.84 Å². The molecule has 0 aliphatic heterocycles. The van der Waals surface area contributed by atoms with Crippen LogP contribution >= 0.6 is 0 Å². The topological polar surface area (TPSA) is 90.1 Å². The third-order valence-corrected chi connectivity index (χ3v) is 0.812. The van der Waals surface area contributed by atoms with E-state index in [4.69, 9.17) is 5.84 Å². The summed E-state index contributed by atoms with van der Waals surface area (Å²) >= 11 is 0. The molecule has 4 heteroatoms. The Morgan fingerprint density at radius 3 is 1.78 bits per heavy atom. The van der Waals surface area contributed by atoms with Gasteiger partial charge >= 0.3 is 0 Å². The van der Waals surface area contributed by atoms with Crippen LogP contribution in [0.15, 0.2) is 0 Å². The molecule has 0 atom stereocenters. The van der Waals surface area contributed by atoms with Crippen LogP contribution < -0.4 is 17.4 Å². The Hall–Kier alpha value is -0.610. The first-order chi connectivity index (χ1) is 3.48. The number of nitrogens with two attached hydrogens (primary N) is 1. The summed E-state index contributed by atoms with van der Waals surface area (Å²) in [6.45, 7) is 5.40. The average molecular weight is 133 g/mol. The molecular weight excluding hydrogens is 118 g/mol. The molecule has 0 saturated carbocycles. The molecule has 6 N–H and O–H groups in total. The molecule has 0 aromatic heterocycles. The molecule has 0 saturated heterocycles. The van der Waals surface area contributed by atoms with Gasteiger partial charge in [0.2, 0.25) is 5.91 Å². The smallest absolute Gasteiger partial charge is 0.239 e. The van der Waals surface area contributed by atoms with Crippen molar-refractivity contribution in [2.75, 3.05) is 0 Å². The van der Waals surface area contributed by atoms with Crippen molar-refractivity contribution in [1.29, 1.82) is 0 Å². The monoisotopic (exact) mass is 133 g/mol. The highest BCUT2D eigenvalue weighted by atomic mass is 16.2. The molecule has 0 spiro atoms. The molecule has 0 aromatic rings. The molecule has 0 aliphatic rings. The fourth-order valence-electron chi connectivity index (χ4n) is 0.217. The third kappa shape index (κ3) is 3.93. The van der Waals surface area contributed by atoms with Crippen LogP contribution in [0, 0.1) is 5.41 Å². The Bertz CT molecular complexity index is 94.9. The summed E-state index contributed by atoms with van der Waals surface area (Å²) in [5, 5.41) is 0. The van der Waals surface area contributed by atoms with E-state index >= 15 is 0 Å². The predicted molar refractivity (Wildman–Crippen MR) is 36.8 cm³/mol. The van der Waals surface area contributed by atoms with Crippen LogP contribution in [0.5, 0.6) is 0 Å². The van der Waals surface area contributed by atoms with Gasteiger partial charge in [-0.15, -0.1) is 0 Å². The number of hydrogen-bond donors (Lipinski definition) is 3. The van der Waals surface area contributed by atoms with Gasteiger partial charge in [-0.05, 0) is 0 Å². The number of carbonyl (C=O) groups is 1. The first kappa shape index (κ1) is 11.2. The number of rotatable bonds is 0. The minimum absolute atomic E-state index is 0. The number of hydrogen-bond acceptors (Lipinski definition) is 3. The van der Waals surface area contributed by atoms with E-state index in [1.165, 1.54) is 0 Å². The highest BCUT2D eigenvalue weighted by Crippen LogP contribution is 2.10. The van der Waals surface area contributed by atoms with Gasteiger partial charge in [0.15, 0.2) is 0 Å². The van der Waals surface area contributed by atoms with Crippen molar-refractivity contribution in [2.45, 2.75) is 20.8 Å². The van der Waals surface area contributed by atoms with Crippen molar-refractivity contribution in [3.63, 3.8) is 0 Å². The maximum absolute atomic E-state index is 10.6. The largest absolute Gasteiger partial charge is 0.344 e. The zero-order valence-electron chi connectivity index (χ0n) is 6.19. The molecule has 56 valence electrons. The SMILES string of the molecule is CC(C)(C)C(=O)NN.N. The summed E-state index contributed by atoms with van der Waals surface area (Å²) in [5.41, 5.74) is 1.70. The molecule has 0 unspecified atom stereocenters. The van der Waals surface area contributed by atoms with Crippen LogP contribution in [0.1, 0.15) is 20.8 Å². The normalized spacial score (nSPS) is 9.78. The van der Waals surface area contributed by atoms with E-state index in [2.05, 4.69) is 5.43 Å². The fraction of sp³-hybridized carbons (Fsp3) is 0.800. The van der Waals surface area contributed by atoms with Crippen LogP contribution in [0.4, 0.5) is 0 Å². The van der Waals surface area contributed by atoms with Gasteiger partial charge in [0.05, 0.1) is 0 Å². The van der Waals surface area contributed by atoms with Crippen molar-refractivity contribution >= 4 is 5.91 Å². The predicted octanol–water partition coefficient (Wildman–Crippen LogP) is 0.184. The number of carbonyl (C=O) groups excluding carboxylic acids is 1. The van der Waals surface area contributed by atoms with Crippen molar-refractivity contribution < 1.29 is 4.79 Å². The van der Waals surface area contributed by atoms with Crippen LogP contribution in [0.25, 0.3) is 0 Å². The zero-order chi connectivity index (χ0) is 6.78. The van der Waals surface area contributed by atoms with Gasteiger partial charge in [0.25, 0.3) is 0 Å². The van der Waals surface area contributed by atoms with Crippen molar-refractivity contribution in [1.82, 2.24) is 11.6 Å². The van der Waals surface area contributed by atoms with Gasteiger partial charge in [0, 0.05) is 5.41 Å². The zero-order valence-corrected chi connectivity index (χ0v) is 6.19. The fourth-order valence-corrected chi connectivity index (χ4v) is 0.217. The van der Waals surface area contributed by atoms with E-state index in [-0.39, 0.29) is 17.5 Å². The van der Waals surface area contributed by atoms with Gasteiger partial charge in [0.1, 0.15) is 0 Å². The molecule has 1 amide bonds.